The Morgan fingerprint density at radius 1 is 0.943 bits per heavy atom. The van der Waals surface area contributed by atoms with E-state index in [1.807, 2.05) is 32.0 Å². The maximum atomic E-state index is 13.8. The van der Waals surface area contributed by atoms with Gasteiger partial charge < -0.3 is 14.6 Å². The third-order valence-corrected chi connectivity index (χ3v) is 5.94. The SMILES string of the molecule is COc1ccccc1CC(C(=O)c1ccc(OC(C)C)cc1)=C(C(=O)O)c1ccc2nsnc2c1. The van der Waals surface area contributed by atoms with Crippen molar-refractivity contribution < 1.29 is 24.2 Å². The van der Waals surface area contributed by atoms with Crippen LogP contribution in [0.15, 0.2) is 72.3 Å². The second-order valence-electron chi connectivity index (χ2n) is 8.14. The van der Waals surface area contributed by atoms with E-state index in [1.54, 1.807) is 55.6 Å². The summed E-state index contributed by atoms with van der Waals surface area (Å²) in [5.74, 6) is -0.388. The fraction of sp³-hybridized carbons (Fsp3) is 0.185. The third-order valence-electron chi connectivity index (χ3n) is 5.38. The average Bonchev–Trinajstić information content (AvgIpc) is 3.31. The van der Waals surface area contributed by atoms with Gasteiger partial charge in [0.05, 0.1) is 30.5 Å². The van der Waals surface area contributed by atoms with Gasteiger partial charge in [-0.15, -0.1) is 0 Å². The minimum atomic E-state index is -1.20. The van der Waals surface area contributed by atoms with Crippen molar-refractivity contribution in [3.63, 3.8) is 0 Å². The predicted octanol–water partition coefficient (Wildman–Crippen LogP) is 5.45. The summed E-state index contributed by atoms with van der Waals surface area (Å²) in [6, 6.07) is 19.0. The molecule has 4 rings (SSSR count). The number of aliphatic carboxylic acids is 1. The number of carbonyl (C=O) groups excluding carboxylic acids is 1. The number of hydrogen-bond acceptors (Lipinski definition) is 7. The molecule has 0 spiro atoms. The number of allylic oxidation sites excluding steroid dienone is 1. The van der Waals surface area contributed by atoms with Gasteiger partial charge in [0.15, 0.2) is 5.78 Å². The first-order valence-corrected chi connectivity index (χ1v) is 11.7. The lowest BCUT2D eigenvalue weighted by molar-refractivity contribution is -0.130. The van der Waals surface area contributed by atoms with Gasteiger partial charge in [-0.2, -0.15) is 8.75 Å². The van der Waals surface area contributed by atoms with Crippen molar-refractivity contribution in [1.29, 1.82) is 0 Å². The van der Waals surface area contributed by atoms with Crippen molar-refractivity contribution in [3.8, 4) is 11.5 Å². The van der Waals surface area contributed by atoms with E-state index < -0.39 is 5.97 Å². The van der Waals surface area contributed by atoms with Crippen molar-refractivity contribution in [3.05, 3.63) is 89.0 Å². The number of carboxylic acid groups (broad SMARTS) is 1. The largest absolute Gasteiger partial charge is 0.496 e. The molecule has 0 radical (unpaired) electrons. The van der Waals surface area contributed by atoms with Crippen molar-refractivity contribution in [2.45, 2.75) is 26.4 Å². The second kappa shape index (κ2) is 10.5. The van der Waals surface area contributed by atoms with Crippen molar-refractivity contribution >= 4 is 40.1 Å². The second-order valence-corrected chi connectivity index (χ2v) is 8.66. The summed E-state index contributed by atoms with van der Waals surface area (Å²) in [5.41, 5.74) is 2.75. The molecule has 0 saturated carbocycles. The number of carbonyl (C=O) groups is 2. The van der Waals surface area contributed by atoms with Crippen LogP contribution in [-0.2, 0) is 11.2 Å². The lowest BCUT2D eigenvalue weighted by Crippen LogP contribution is -2.14. The van der Waals surface area contributed by atoms with Gasteiger partial charge in [-0.1, -0.05) is 24.3 Å². The molecule has 1 aromatic heterocycles. The Kier molecular flexibility index (Phi) is 7.22. The van der Waals surface area contributed by atoms with Crippen molar-refractivity contribution in [2.75, 3.05) is 7.11 Å². The first kappa shape index (κ1) is 24.1. The number of aromatic nitrogens is 2. The van der Waals surface area contributed by atoms with E-state index in [2.05, 4.69) is 8.75 Å². The molecule has 0 aliphatic heterocycles. The number of fused-ring (bicyclic) bond motifs is 1. The standard InChI is InChI=1S/C27H24N2O5S/c1-16(2)34-20-11-8-17(9-12-20)26(30)21(14-18-6-4-5-7-24(18)33-3)25(27(31)32)19-10-13-22-23(15-19)29-35-28-22/h4-13,15-16H,14H2,1-3H3,(H,31,32). The molecule has 1 heterocycles. The monoisotopic (exact) mass is 488 g/mol. The van der Waals surface area contributed by atoms with Crippen LogP contribution in [0.2, 0.25) is 0 Å². The summed E-state index contributed by atoms with van der Waals surface area (Å²) in [7, 11) is 1.54. The quantitative estimate of drug-likeness (QED) is 0.247. The molecular formula is C27H24N2O5S. The minimum absolute atomic E-state index is 0.00807. The molecule has 8 heteroatoms. The van der Waals surface area contributed by atoms with Gasteiger partial charge in [-0.25, -0.2) is 4.79 Å². The van der Waals surface area contributed by atoms with Crippen LogP contribution in [0.25, 0.3) is 16.6 Å². The zero-order chi connectivity index (χ0) is 24.9. The van der Waals surface area contributed by atoms with Gasteiger partial charge >= 0.3 is 5.97 Å². The summed E-state index contributed by atoms with van der Waals surface area (Å²) < 4.78 is 19.5. The van der Waals surface area contributed by atoms with E-state index in [9.17, 15) is 14.7 Å². The number of hydrogen-bond donors (Lipinski definition) is 1. The summed E-state index contributed by atoms with van der Waals surface area (Å²) in [4.78, 5) is 26.4. The Morgan fingerprint density at radius 2 is 1.63 bits per heavy atom. The van der Waals surface area contributed by atoms with Crippen LogP contribution in [0.5, 0.6) is 11.5 Å². The van der Waals surface area contributed by atoms with Crippen LogP contribution in [0.3, 0.4) is 0 Å². The van der Waals surface area contributed by atoms with Crippen LogP contribution in [0, 0.1) is 0 Å². The fourth-order valence-electron chi connectivity index (χ4n) is 3.82. The highest BCUT2D eigenvalue weighted by molar-refractivity contribution is 7.00. The summed E-state index contributed by atoms with van der Waals surface area (Å²) in [6.45, 7) is 3.84. The number of ketones is 1. The lowest BCUT2D eigenvalue weighted by atomic mass is 9.89. The molecule has 35 heavy (non-hydrogen) atoms. The number of benzene rings is 3. The van der Waals surface area contributed by atoms with Gasteiger partial charge in [0.2, 0.25) is 0 Å². The van der Waals surface area contributed by atoms with Crippen LogP contribution in [0.1, 0.15) is 35.3 Å². The molecular weight excluding hydrogens is 464 g/mol. The Balaban J connectivity index is 1.87. The van der Waals surface area contributed by atoms with E-state index in [-0.39, 0.29) is 29.5 Å². The maximum absolute atomic E-state index is 13.8. The van der Waals surface area contributed by atoms with Crippen LogP contribution >= 0.6 is 11.7 Å². The highest BCUT2D eigenvalue weighted by Crippen LogP contribution is 2.30. The molecule has 7 nitrogen and oxygen atoms in total. The molecule has 3 aromatic carbocycles. The van der Waals surface area contributed by atoms with Gasteiger partial charge in [0, 0.05) is 17.6 Å². The lowest BCUT2D eigenvalue weighted by Gasteiger charge is -2.15. The van der Waals surface area contributed by atoms with E-state index in [0.717, 1.165) is 11.7 Å². The molecule has 0 amide bonds. The number of methoxy groups -OCH3 is 1. The van der Waals surface area contributed by atoms with E-state index in [0.29, 0.717) is 39.2 Å². The van der Waals surface area contributed by atoms with E-state index in [1.165, 1.54) is 0 Å². The number of para-hydroxylation sites is 1. The van der Waals surface area contributed by atoms with Crippen molar-refractivity contribution in [1.82, 2.24) is 8.75 Å². The number of carboxylic acids is 1. The molecule has 0 atom stereocenters. The van der Waals surface area contributed by atoms with Crippen LogP contribution in [0.4, 0.5) is 0 Å². The predicted molar refractivity (Wildman–Crippen MR) is 135 cm³/mol. The Bertz CT molecular complexity index is 1410. The Hall–Kier alpha value is -4.04. The van der Waals surface area contributed by atoms with E-state index >= 15 is 0 Å². The highest BCUT2D eigenvalue weighted by atomic mass is 32.1. The molecule has 0 saturated heterocycles. The molecule has 1 N–H and O–H groups in total. The van der Waals surface area contributed by atoms with Crippen LogP contribution < -0.4 is 9.47 Å². The molecule has 0 unspecified atom stereocenters. The zero-order valence-corrected chi connectivity index (χ0v) is 20.3. The molecule has 0 bridgehead atoms. The van der Waals surface area contributed by atoms with Gasteiger partial charge in [0.1, 0.15) is 22.5 Å². The number of rotatable bonds is 9. The molecule has 0 fully saturated rings. The van der Waals surface area contributed by atoms with E-state index in [4.69, 9.17) is 9.47 Å². The average molecular weight is 489 g/mol. The molecule has 4 aromatic rings. The molecule has 0 aliphatic rings. The summed E-state index contributed by atoms with van der Waals surface area (Å²) >= 11 is 1.05. The number of Topliss-reactive ketones (excluding diaryl/α,β-unsaturated/α-hetero) is 1. The normalized spacial score (nSPS) is 11.9. The highest BCUT2D eigenvalue weighted by Gasteiger charge is 2.25. The molecule has 0 aliphatic carbocycles. The maximum Gasteiger partial charge on any atom is 0.336 e. The Labute approximate surface area is 207 Å². The third kappa shape index (κ3) is 5.38. The number of ether oxygens (including phenoxy) is 2. The minimum Gasteiger partial charge on any atom is -0.496 e. The molecule has 178 valence electrons. The topological polar surface area (TPSA) is 98.6 Å². The fourth-order valence-corrected chi connectivity index (χ4v) is 4.33. The first-order chi connectivity index (χ1) is 16.9. The number of nitrogens with zero attached hydrogens (tertiary/aromatic N) is 2. The van der Waals surface area contributed by atoms with Crippen molar-refractivity contribution in [2.24, 2.45) is 0 Å². The van der Waals surface area contributed by atoms with Gasteiger partial charge in [-0.05, 0) is 67.4 Å². The van der Waals surface area contributed by atoms with Crippen LogP contribution in [-0.4, -0.2) is 38.8 Å². The van der Waals surface area contributed by atoms with Gasteiger partial charge in [0.25, 0.3) is 0 Å². The smallest absolute Gasteiger partial charge is 0.336 e. The summed E-state index contributed by atoms with van der Waals surface area (Å²) in [6.07, 6.45) is 0.0634. The summed E-state index contributed by atoms with van der Waals surface area (Å²) in [5, 5.41) is 10.3. The first-order valence-electron chi connectivity index (χ1n) is 11.0. The van der Waals surface area contributed by atoms with Gasteiger partial charge in [-0.3, -0.25) is 4.79 Å². The zero-order valence-electron chi connectivity index (χ0n) is 19.5. The Morgan fingerprint density at radius 3 is 2.31 bits per heavy atom.